The Morgan fingerprint density at radius 2 is 2.00 bits per heavy atom. The lowest BCUT2D eigenvalue weighted by Gasteiger charge is -2.36. The first-order valence-corrected chi connectivity index (χ1v) is 6.58. The van der Waals surface area contributed by atoms with E-state index in [9.17, 15) is 0 Å². The van der Waals surface area contributed by atoms with Crippen molar-refractivity contribution >= 4 is 0 Å². The molecule has 3 heteroatoms. The molecule has 96 valence electrons. The lowest BCUT2D eigenvalue weighted by molar-refractivity contribution is 0.0194. The summed E-state index contributed by atoms with van der Waals surface area (Å²) in [6.45, 7) is 13.0. The average Bonchev–Trinajstić information content (AvgIpc) is 2.19. The molecule has 2 atom stereocenters. The highest BCUT2D eigenvalue weighted by Gasteiger charge is 2.25. The van der Waals surface area contributed by atoms with E-state index in [2.05, 4.69) is 32.6 Å². The number of nitrogens with two attached hydrogens (primary N) is 1. The lowest BCUT2D eigenvalue weighted by atomic mass is 9.95. The maximum absolute atomic E-state index is 6.15. The zero-order chi connectivity index (χ0) is 12.1. The van der Waals surface area contributed by atoms with Crippen LogP contribution < -0.4 is 5.73 Å². The van der Waals surface area contributed by atoms with Crippen molar-refractivity contribution in [3.63, 3.8) is 0 Å². The van der Waals surface area contributed by atoms with Gasteiger partial charge in [-0.15, -0.1) is 0 Å². The summed E-state index contributed by atoms with van der Waals surface area (Å²) < 4.78 is 5.53. The van der Waals surface area contributed by atoms with Crippen molar-refractivity contribution in [1.82, 2.24) is 4.90 Å². The molecule has 0 saturated carbocycles. The Hall–Kier alpha value is -0.120. The maximum Gasteiger partial charge on any atom is 0.0521 e. The summed E-state index contributed by atoms with van der Waals surface area (Å²) in [4.78, 5) is 2.53. The van der Waals surface area contributed by atoms with Crippen LogP contribution >= 0.6 is 0 Å². The van der Waals surface area contributed by atoms with E-state index in [1.54, 1.807) is 0 Å². The number of rotatable bonds is 5. The Kier molecular flexibility index (Phi) is 5.73. The van der Waals surface area contributed by atoms with Gasteiger partial charge in [0.05, 0.1) is 6.61 Å². The molecule has 0 aromatic rings. The van der Waals surface area contributed by atoms with Crippen molar-refractivity contribution in [3.8, 4) is 0 Å². The van der Waals surface area contributed by atoms with Crippen molar-refractivity contribution < 1.29 is 4.74 Å². The van der Waals surface area contributed by atoms with Gasteiger partial charge in [0.1, 0.15) is 0 Å². The molecule has 0 aromatic carbocycles. The predicted molar refractivity (Wildman–Crippen MR) is 68.4 cm³/mol. The number of hydrogen-bond donors (Lipinski definition) is 1. The average molecular weight is 228 g/mol. The molecule has 1 aliphatic rings. The van der Waals surface area contributed by atoms with E-state index in [1.165, 1.54) is 0 Å². The van der Waals surface area contributed by atoms with Crippen molar-refractivity contribution in [2.45, 2.75) is 46.2 Å². The summed E-state index contributed by atoms with van der Waals surface area (Å²) in [6, 6.07) is 0.915. The fourth-order valence-electron chi connectivity index (χ4n) is 2.27. The van der Waals surface area contributed by atoms with Gasteiger partial charge < -0.3 is 15.4 Å². The first kappa shape index (κ1) is 13.9. The normalized spacial score (nSPS) is 27.0. The molecule has 3 nitrogen and oxygen atoms in total. The Bertz CT molecular complexity index is 194. The molecule has 0 radical (unpaired) electrons. The summed E-state index contributed by atoms with van der Waals surface area (Å²) in [5.41, 5.74) is 6.15. The Morgan fingerprint density at radius 1 is 1.31 bits per heavy atom. The van der Waals surface area contributed by atoms with Crippen molar-refractivity contribution in [2.75, 3.05) is 26.3 Å². The SMILES string of the molecule is CC(C)CN(CC1COCCC1N)C(C)C. The topological polar surface area (TPSA) is 38.5 Å². The summed E-state index contributed by atoms with van der Waals surface area (Å²) >= 11 is 0. The molecule has 1 rings (SSSR count). The Morgan fingerprint density at radius 3 is 2.50 bits per heavy atom. The summed E-state index contributed by atoms with van der Waals surface area (Å²) in [7, 11) is 0. The van der Waals surface area contributed by atoms with Crippen molar-refractivity contribution in [2.24, 2.45) is 17.6 Å². The van der Waals surface area contributed by atoms with E-state index >= 15 is 0 Å². The Labute approximate surface area is 100 Å². The predicted octanol–water partition coefficient (Wildman–Crippen LogP) is 1.72. The van der Waals surface area contributed by atoms with Gasteiger partial charge >= 0.3 is 0 Å². The zero-order valence-electron chi connectivity index (χ0n) is 11.3. The van der Waals surface area contributed by atoms with Gasteiger partial charge in [-0.3, -0.25) is 0 Å². The van der Waals surface area contributed by atoms with Gasteiger partial charge in [-0.25, -0.2) is 0 Å². The zero-order valence-corrected chi connectivity index (χ0v) is 11.3. The van der Waals surface area contributed by atoms with Crippen molar-refractivity contribution in [1.29, 1.82) is 0 Å². The number of hydrogen-bond acceptors (Lipinski definition) is 3. The minimum atomic E-state index is 0.321. The van der Waals surface area contributed by atoms with E-state index < -0.39 is 0 Å². The van der Waals surface area contributed by atoms with Crippen LogP contribution in [0.25, 0.3) is 0 Å². The minimum Gasteiger partial charge on any atom is -0.381 e. The Balaban J connectivity index is 2.46. The second-order valence-electron chi connectivity index (χ2n) is 5.73. The van der Waals surface area contributed by atoms with Gasteiger partial charge in [-0.05, 0) is 26.2 Å². The van der Waals surface area contributed by atoms with Gasteiger partial charge in [0.25, 0.3) is 0 Å². The van der Waals surface area contributed by atoms with E-state index in [0.717, 1.165) is 32.7 Å². The molecule has 1 saturated heterocycles. The smallest absolute Gasteiger partial charge is 0.0521 e. The van der Waals surface area contributed by atoms with Crippen LogP contribution in [0.5, 0.6) is 0 Å². The molecule has 0 aromatic heterocycles. The first-order valence-electron chi connectivity index (χ1n) is 6.58. The molecular weight excluding hydrogens is 200 g/mol. The van der Waals surface area contributed by atoms with Crippen LogP contribution in [0.4, 0.5) is 0 Å². The third-order valence-corrected chi connectivity index (χ3v) is 3.33. The molecule has 0 aliphatic carbocycles. The third kappa shape index (κ3) is 4.40. The highest BCUT2D eigenvalue weighted by Crippen LogP contribution is 2.16. The monoisotopic (exact) mass is 228 g/mol. The minimum absolute atomic E-state index is 0.321. The van der Waals surface area contributed by atoms with Crippen LogP contribution in [-0.4, -0.2) is 43.3 Å². The standard InChI is InChI=1S/C13H28N2O/c1-10(2)7-15(11(3)4)8-12-9-16-6-5-13(12)14/h10-13H,5-9,14H2,1-4H3. The second kappa shape index (κ2) is 6.58. The summed E-state index contributed by atoms with van der Waals surface area (Å²) in [5, 5.41) is 0. The van der Waals surface area contributed by atoms with Gasteiger partial charge in [0.2, 0.25) is 0 Å². The second-order valence-corrected chi connectivity index (χ2v) is 5.73. The largest absolute Gasteiger partial charge is 0.381 e. The molecule has 2 unspecified atom stereocenters. The first-order chi connectivity index (χ1) is 7.50. The third-order valence-electron chi connectivity index (χ3n) is 3.33. The highest BCUT2D eigenvalue weighted by molar-refractivity contribution is 4.80. The van der Waals surface area contributed by atoms with Crippen LogP contribution in [-0.2, 0) is 4.74 Å². The maximum atomic E-state index is 6.15. The van der Waals surface area contributed by atoms with Crippen molar-refractivity contribution in [3.05, 3.63) is 0 Å². The van der Waals surface area contributed by atoms with Crippen LogP contribution in [0.2, 0.25) is 0 Å². The molecule has 1 heterocycles. The van der Waals surface area contributed by atoms with Crippen LogP contribution in [0.15, 0.2) is 0 Å². The van der Waals surface area contributed by atoms with E-state index in [4.69, 9.17) is 10.5 Å². The van der Waals surface area contributed by atoms with Gasteiger partial charge in [-0.2, -0.15) is 0 Å². The fraction of sp³-hybridized carbons (Fsp3) is 1.00. The molecule has 0 spiro atoms. The lowest BCUT2D eigenvalue weighted by Crippen LogP contribution is -2.47. The molecule has 0 amide bonds. The molecule has 0 bridgehead atoms. The van der Waals surface area contributed by atoms with E-state index in [-0.39, 0.29) is 0 Å². The van der Waals surface area contributed by atoms with Gasteiger partial charge in [-0.1, -0.05) is 13.8 Å². The molecular formula is C13H28N2O. The molecule has 1 fully saturated rings. The molecule has 2 N–H and O–H groups in total. The van der Waals surface area contributed by atoms with Crippen LogP contribution in [0, 0.1) is 11.8 Å². The van der Waals surface area contributed by atoms with Crippen LogP contribution in [0.1, 0.15) is 34.1 Å². The molecule has 16 heavy (non-hydrogen) atoms. The fourth-order valence-corrected chi connectivity index (χ4v) is 2.27. The number of ether oxygens (including phenoxy) is 1. The highest BCUT2D eigenvalue weighted by atomic mass is 16.5. The summed E-state index contributed by atoms with van der Waals surface area (Å²) in [6.07, 6.45) is 1.01. The van der Waals surface area contributed by atoms with Gasteiger partial charge in [0, 0.05) is 37.7 Å². The van der Waals surface area contributed by atoms with Gasteiger partial charge in [0.15, 0.2) is 0 Å². The number of nitrogens with zero attached hydrogens (tertiary/aromatic N) is 1. The van der Waals surface area contributed by atoms with E-state index in [1.807, 2.05) is 0 Å². The summed E-state index contributed by atoms with van der Waals surface area (Å²) in [5.74, 6) is 1.22. The van der Waals surface area contributed by atoms with E-state index in [0.29, 0.717) is 23.9 Å². The molecule has 1 aliphatic heterocycles. The van der Waals surface area contributed by atoms with Crippen LogP contribution in [0.3, 0.4) is 0 Å². The quantitative estimate of drug-likeness (QED) is 0.778.